The van der Waals surface area contributed by atoms with Crippen molar-refractivity contribution in [2.75, 3.05) is 37.3 Å². The van der Waals surface area contributed by atoms with Gasteiger partial charge in [0.2, 0.25) is 10.3 Å². The van der Waals surface area contributed by atoms with Crippen LogP contribution in [0.4, 0.5) is 10.3 Å². The van der Waals surface area contributed by atoms with Gasteiger partial charge in [-0.15, -0.1) is 10.2 Å². The smallest absolute Gasteiger partial charge is 0.207 e. The van der Waals surface area contributed by atoms with Crippen molar-refractivity contribution in [2.45, 2.75) is 32.7 Å². The molecular weight excluding hydrogens is 334 g/mol. The lowest BCUT2D eigenvalue weighted by Gasteiger charge is -2.26. The molecule has 0 amide bonds. The Bertz CT molecular complexity index is 656. The van der Waals surface area contributed by atoms with E-state index < -0.39 is 0 Å². The van der Waals surface area contributed by atoms with Gasteiger partial charge in [-0.1, -0.05) is 36.8 Å². The molecule has 1 saturated heterocycles. The molecule has 7 heteroatoms. The number of rotatable bonds is 8. The van der Waals surface area contributed by atoms with Crippen LogP contribution in [0.15, 0.2) is 24.3 Å². The number of aromatic nitrogens is 2. The number of benzene rings is 1. The molecule has 1 unspecified atom stereocenters. The zero-order valence-corrected chi connectivity index (χ0v) is 15.6. The summed E-state index contributed by atoms with van der Waals surface area (Å²) in [6, 6.07) is 8.47. The zero-order chi connectivity index (χ0) is 17.5. The first kappa shape index (κ1) is 17.9. The first-order valence-corrected chi connectivity index (χ1v) is 9.77. The summed E-state index contributed by atoms with van der Waals surface area (Å²) in [7, 11) is 0. The van der Waals surface area contributed by atoms with E-state index in [0.717, 1.165) is 24.0 Å². The van der Waals surface area contributed by atoms with Gasteiger partial charge in [-0.25, -0.2) is 0 Å². The quantitative estimate of drug-likeness (QED) is 0.752. The maximum atomic E-state index is 5.98. The summed E-state index contributed by atoms with van der Waals surface area (Å²) >= 11 is 1.36. The Balaban J connectivity index is 1.43. The number of piperidine rings is 1. The fraction of sp³-hybridized carbons (Fsp3) is 0.556. The molecular formula is C18H27N5OS. The fourth-order valence-corrected chi connectivity index (χ4v) is 3.49. The average Bonchev–Trinajstić information content (AvgIpc) is 3.05. The van der Waals surface area contributed by atoms with Gasteiger partial charge in [0.25, 0.3) is 0 Å². The number of nitrogens with zero attached hydrogens (tertiary/aromatic N) is 3. The molecule has 136 valence electrons. The second-order valence-electron chi connectivity index (χ2n) is 6.73. The van der Waals surface area contributed by atoms with Crippen molar-refractivity contribution in [1.29, 1.82) is 0 Å². The van der Waals surface area contributed by atoms with Gasteiger partial charge in [-0.3, -0.25) is 4.90 Å². The summed E-state index contributed by atoms with van der Waals surface area (Å²) in [6.07, 6.45) is 4.01. The first-order chi connectivity index (χ1) is 12.2. The molecule has 1 fully saturated rings. The van der Waals surface area contributed by atoms with Gasteiger partial charge < -0.3 is 15.8 Å². The van der Waals surface area contributed by atoms with Gasteiger partial charge in [0.15, 0.2) is 0 Å². The molecule has 1 aromatic carbocycles. The average molecular weight is 362 g/mol. The predicted molar refractivity (Wildman–Crippen MR) is 103 cm³/mol. The Kier molecular flexibility index (Phi) is 6.47. The van der Waals surface area contributed by atoms with E-state index >= 15 is 0 Å². The Morgan fingerprint density at radius 2 is 2.12 bits per heavy atom. The van der Waals surface area contributed by atoms with E-state index in [1.54, 1.807) is 0 Å². The summed E-state index contributed by atoms with van der Waals surface area (Å²) < 4.78 is 5.98. The van der Waals surface area contributed by atoms with Crippen LogP contribution in [0.2, 0.25) is 0 Å². The third-order valence-electron chi connectivity index (χ3n) is 4.33. The molecule has 25 heavy (non-hydrogen) atoms. The van der Waals surface area contributed by atoms with Gasteiger partial charge in [0, 0.05) is 19.0 Å². The molecule has 2 aromatic rings. The van der Waals surface area contributed by atoms with Crippen molar-refractivity contribution in [3.63, 3.8) is 0 Å². The number of likely N-dealkylation sites (tertiary alicyclic amines) is 1. The summed E-state index contributed by atoms with van der Waals surface area (Å²) in [4.78, 5) is 2.53. The van der Waals surface area contributed by atoms with Crippen LogP contribution in [0.5, 0.6) is 5.75 Å². The van der Waals surface area contributed by atoms with Crippen LogP contribution in [0.3, 0.4) is 0 Å². The SMILES string of the molecule is CC(CNc1nnc(N)s1)COc1cccc(CN2CCCCC2)c1. The maximum Gasteiger partial charge on any atom is 0.207 e. The molecule has 1 aliphatic heterocycles. The van der Waals surface area contributed by atoms with Crippen molar-refractivity contribution in [3.8, 4) is 5.75 Å². The minimum atomic E-state index is 0.357. The largest absolute Gasteiger partial charge is 0.493 e. The Morgan fingerprint density at radius 1 is 1.28 bits per heavy atom. The lowest BCUT2D eigenvalue weighted by atomic mass is 10.1. The topological polar surface area (TPSA) is 76.3 Å². The molecule has 6 nitrogen and oxygen atoms in total. The van der Waals surface area contributed by atoms with E-state index in [-0.39, 0.29) is 0 Å². The van der Waals surface area contributed by atoms with Crippen LogP contribution in [0, 0.1) is 5.92 Å². The first-order valence-electron chi connectivity index (χ1n) is 8.96. The zero-order valence-electron chi connectivity index (χ0n) is 14.8. The maximum absolute atomic E-state index is 5.98. The predicted octanol–water partition coefficient (Wildman–Crippen LogP) is 3.23. The van der Waals surface area contributed by atoms with Crippen LogP contribution in [-0.2, 0) is 6.54 Å². The van der Waals surface area contributed by atoms with Crippen molar-refractivity contribution in [2.24, 2.45) is 5.92 Å². The molecule has 3 N–H and O–H groups in total. The molecule has 0 bridgehead atoms. The third kappa shape index (κ3) is 5.86. The van der Waals surface area contributed by atoms with E-state index in [4.69, 9.17) is 10.5 Å². The van der Waals surface area contributed by atoms with Crippen LogP contribution < -0.4 is 15.8 Å². The van der Waals surface area contributed by atoms with Gasteiger partial charge >= 0.3 is 0 Å². The van der Waals surface area contributed by atoms with Gasteiger partial charge in [-0.2, -0.15) is 0 Å². The summed E-state index contributed by atoms with van der Waals surface area (Å²) in [5.74, 6) is 1.30. The molecule has 1 aliphatic rings. The van der Waals surface area contributed by atoms with Crippen LogP contribution >= 0.6 is 11.3 Å². The molecule has 0 spiro atoms. The van der Waals surface area contributed by atoms with Crippen LogP contribution in [0.25, 0.3) is 0 Å². The molecule has 0 saturated carbocycles. The highest BCUT2D eigenvalue weighted by molar-refractivity contribution is 7.18. The number of nitrogens with one attached hydrogen (secondary N) is 1. The minimum absolute atomic E-state index is 0.357. The van der Waals surface area contributed by atoms with Crippen molar-refractivity contribution in [3.05, 3.63) is 29.8 Å². The number of nitrogen functional groups attached to an aromatic ring is 1. The van der Waals surface area contributed by atoms with Crippen molar-refractivity contribution in [1.82, 2.24) is 15.1 Å². The molecule has 3 rings (SSSR count). The Morgan fingerprint density at radius 3 is 2.88 bits per heavy atom. The van der Waals surface area contributed by atoms with Gasteiger partial charge in [0.05, 0.1) is 6.61 Å². The van der Waals surface area contributed by atoms with Gasteiger partial charge in [-0.05, 0) is 43.6 Å². The van der Waals surface area contributed by atoms with Gasteiger partial charge in [0.1, 0.15) is 5.75 Å². The second kappa shape index (κ2) is 9.01. The Labute approximate surface area is 153 Å². The number of hydrogen-bond donors (Lipinski definition) is 2. The van der Waals surface area contributed by atoms with Crippen LogP contribution in [0.1, 0.15) is 31.7 Å². The lowest BCUT2D eigenvalue weighted by Crippen LogP contribution is -2.29. The molecule has 0 aliphatic carbocycles. The van der Waals surface area contributed by atoms with E-state index in [1.807, 2.05) is 6.07 Å². The minimum Gasteiger partial charge on any atom is -0.493 e. The fourth-order valence-electron chi connectivity index (χ4n) is 2.97. The number of hydrogen-bond acceptors (Lipinski definition) is 7. The normalized spacial score (nSPS) is 16.5. The molecule has 1 aromatic heterocycles. The highest BCUT2D eigenvalue weighted by atomic mass is 32.1. The molecule has 0 radical (unpaired) electrons. The van der Waals surface area contributed by atoms with Crippen LogP contribution in [-0.4, -0.2) is 41.3 Å². The number of anilines is 2. The molecule has 1 atom stereocenters. The summed E-state index contributed by atoms with van der Waals surface area (Å²) in [5.41, 5.74) is 6.91. The third-order valence-corrected chi connectivity index (χ3v) is 5.04. The van der Waals surface area contributed by atoms with Crippen molar-refractivity contribution >= 4 is 21.6 Å². The number of nitrogens with two attached hydrogens (primary N) is 1. The second-order valence-corrected chi connectivity index (χ2v) is 7.74. The van der Waals surface area contributed by atoms with E-state index in [2.05, 4.69) is 45.5 Å². The monoisotopic (exact) mass is 361 g/mol. The standard InChI is InChI=1S/C18H27N5OS/c1-14(11-20-18-22-21-17(19)25-18)13-24-16-7-5-6-15(10-16)12-23-8-3-2-4-9-23/h5-7,10,14H,2-4,8-9,11-13H2,1H3,(H2,19,21)(H,20,22). The van der Waals surface area contributed by atoms with Crippen molar-refractivity contribution < 1.29 is 4.74 Å². The van der Waals surface area contributed by atoms with E-state index in [1.165, 1.54) is 49.3 Å². The Hall–Kier alpha value is -1.86. The summed E-state index contributed by atoms with van der Waals surface area (Å²) in [6.45, 7) is 7.03. The highest BCUT2D eigenvalue weighted by Crippen LogP contribution is 2.19. The number of ether oxygens (including phenoxy) is 1. The van der Waals surface area contributed by atoms with E-state index in [9.17, 15) is 0 Å². The highest BCUT2D eigenvalue weighted by Gasteiger charge is 2.11. The summed E-state index contributed by atoms with van der Waals surface area (Å²) in [5, 5.41) is 12.2. The molecule has 2 heterocycles. The van der Waals surface area contributed by atoms with E-state index in [0.29, 0.717) is 17.7 Å². The lowest BCUT2D eigenvalue weighted by molar-refractivity contribution is 0.220.